The van der Waals surface area contributed by atoms with Crippen molar-refractivity contribution in [2.24, 2.45) is 16.6 Å². The average molecular weight is 522 g/mol. The van der Waals surface area contributed by atoms with Gasteiger partial charge in [-0.1, -0.05) is 0 Å². The van der Waals surface area contributed by atoms with Crippen molar-refractivity contribution in [3.05, 3.63) is 58.7 Å². The smallest absolute Gasteiger partial charge is 0.383 e. The molecule has 0 spiro atoms. The minimum Gasteiger partial charge on any atom is -0.383 e. The van der Waals surface area contributed by atoms with Gasteiger partial charge in [0.1, 0.15) is 5.82 Å². The van der Waals surface area contributed by atoms with Gasteiger partial charge in [-0.05, 0) is 37.0 Å². The fourth-order valence-electron chi connectivity index (χ4n) is 4.92. The predicted octanol–water partition coefficient (Wildman–Crippen LogP) is 3.64. The SMILES string of the molecule is COC[C@@H](C1CC1)N(Cc1ccc(C(F)(F)F)cn1)C(=O)c1cc2c(cc1F)N=C(N)N1CCOC[C@H]21. The Morgan fingerprint density at radius 2 is 2.11 bits per heavy atom. The maximum Gasteiger partial charge on any atom is 0.417 e. The molecule has 2 aromatic rings. The van der Waals surface area contributed by atoms with Gasteiger partial charge in [0, 0.05) is 31.5 Å². The lowest BCUT2D eigenvalue weighted by molar-refractivity contribution is -0.137. The molecule has 1 aromatic carbocycles. The molecule has 3 aliphatic rings. The fraction of sp³-hybridized carbons (Fsp3) is 0.480. The highest BCUT2D eigenvalue weighted by Gasteiger charge is 2.40. The average Bonchev–Trinajstić information content (AvgIpc) is 3.71. The molecule has 1 saturated heterocycles. The highest BCUT2D eigenvalue weighted by atomic mass is 19.4. The summed E-state index contributed by atoms with van der Waals surface area (Å²) in [6, 6.07) is 4.14. The van der Waals surface area contributed by atoms with Crippen molar-refractivity contribution in [1.82, 2.24) is 14.8 Å². The molecule has 1 amide bonds. The molecule has 8 nitrogen and oxygen atoms in total. The van der Waals surface area contributed by atoms with Gasteiger partial charge in [0.05, 0.1) is 61.0 Å². The Labute approximate surface area is 211 Å². The van der Waals surface area contributed by atoms with E-state index in [1.54, 1.807) is 0 Å². The van der Waals surface area contributed by atoms with E-state index >= 15 is 4.39 Å². The lowest BCUT2D eigenvalue weighted by Gasteiger charge is -2.40. The Kier molecular flexibility index (Phi) is 6.80. The highest BCUT2D eigenvalue weighted by molar-refractivity contribution is 5.96. The quantitative estimate of drug-likeness (QED) is 0.560. The standard InChI is InChI=1S/C25H27F4N5O3/c1-36-12-21(14-2-3-14)34(11-16-5-4-15(10-31-16)25(27,28)29)23(35)17-8-18-20(9-19(17)26)32-24(30)33-6-7-37-13-22(18)33/h4-5,8-10,14,21-22H,2-3,6-7,11-13H2,1H3,(H2,30,32)/t21-,22+/m0/s1. The number of ether oxygens (including phenoxy) is 2. The van der Waals surface area contributed by atoms with Gasteiger partial charge in [0.25, 0.3) is 5.91 Å². The number of amides is 1. The molecule has 2 N–H and O–H groups in total. The van der Waals surface area contributed by atoms with Gasteiger partial charge in [0.15, 0.2) is 5.96 Å². The van der Waals surface area contributed by atoms with Gasteiger partial charge in [0.2, 0.25) is 0 Å². The van der Waals surface area contributed by atoms with Crippen LogP contribution in [0.25, 0.3) is 0 Å². The van der Waals surface area contributed by atoms with Gasteiger partial charge in [-0.3, -0.25) is 9.78 Å². The third kappa shape index (κ3) is 5.12. The number of benzene rings is 1. The van der Waals surface area contributed by atoms with Crippen molar-refractivity contribution >= 4 is 17.6 Å². The zero-order valence-corrected chi connectivity index (χ0v) is 20.2. The Morgan fingerprint density at radius 3 is 2.76 bits per heavy atom. The molecule has 1 saturated carbocycles. The molecule has 1 aliphatic carbocycles. The molecule has 0 unspecified atom stereocenters. The molecule has 1 aromatic heterocycles. The third-order valence-electron chi connectivity index (χ3n) is 7.01. The number of alkyl halides is 3. The van der Waals surface area contributed by atoms with Crippen LogP contribution in [0.2, 0.25) is 0 Å². The van der Waals surface area contributed by atoms with Crippen LogP contribution in [0.4, 0.5) is 23.2 Å². The molecule has 198 valence electrons. The van der Waals surface area contributed by atoms with Crippen LogP contribution >= 0.6 is 0 Å². The molecule has 5 rings (SSSR count). The number of aromatic nitrogens is 1. The van der Waals surface area contributed by atoms with Crippen LogP contribution in [0, 0.1) is 11.7 Å². The first-order valence-corrected chi connectivity index (χ1v) is 12.0. The van der Waals surface area contributed by atoms with Gasteiger partial charge in [-0.25, -0.2) is 9.38 Å². The summed E-state index contributed by atoms with van der Waals surface area (Å²) in [5.74, 6) is -0.946. The van der Waals surface area contributed by atoms with Crippen LogP contribution in [0.15, 0.2) is 35.5 Å². The van der Waals surface area contributed by atoms with E-state index in [1.165, 1.54) is 30.2 Å². The second-order valence-corrected chi connectivity index (χ2v) is 9.47. The van der Waals surface area contributed by atoms with E-state index in [1.807, 2.05) is 4.90 Å². The number of fused-ring (bicyclic) bond motifs is 3. The van der Waals surface area contributed by atoms with E-state index in [4.69, 9.17) is 15.2 Å². The fourth-order valence-corrected chi connectivity index (χ4v) is 4.92. The van der Waals surface area contributed by atoms with Crippen LogP contribution in [0.5, 0.6) is 0 Å². The summed E-state index contributed by atoms with van der Waals surface area (Å²) in [5, 5.41) is 0. The summed E-state index contributed by atoms with van der Waals surface area (Å²) in [6.45, 7) is 1.42. The van der Waals surface area contributed by atoms with E-state index in [-0.39, 0.29) is 48.4 Å². The summed E-state index contributed by atoms with van der Waals surface area (Å²) < 4.78 is 65.3. The molecular formula is C25H27F4N5O3. The van der Waals surface area contributed by atoms with E-state index in [2.05, 4.69) is 9.98 Å². The molecular weight excluding hydrogens is 494 g/mol. The summed E-state index contributed by atoms with van der Waals surface area (Å²) in [5.41, 5.74) is 6.24. The number of guanidine groups is 1. The molecule has 0 radical (unpaired) electrons. The summed E-state index contributed by atoms with van der Waals surface area (Å²) >= 11 is 0. The number of hydrogen-bond acceptors (Lipinski definition) is 7. The van der Waals surface area contributed by atoms with Crippen molar-refractivity contribution in [3.8, 4) is 0 Å². The van der Waals surface area contributed by atoms with E-state index < -0.39 is 23.5 Å². The van der Waals surface area contributed by atoms with E-state index in [0.717, 1.165) is 25.1 Å². The van der Waals surface area contributed by atoms with Gasteiger partial charge < -0.3 is 25.0 Å². The van der Waals surface area contributed by atoms with Gasteiger partial charge in [-0.15, -0.1) is 0 Å². The maximum atomic E-state index is 15.4. The Morgan fingerprint density at radius 1 is 1.32 bits per heavy atom. The predicted molar refractivity (Wildman–Crippen MR) is 125 cm³/mol. The molecule has 37 heavy (non-hydrogen) atoms. The summed E-state index contributed by atoms with van der Waals surface area (Å²) in [4.78, 5) is 25.4. The number of carbonyl (C=O) groups is 1. The first kappa shape index (κ1) is 25.4. The molecule has 2 fully saturated rings. The van der Waals surface area contributed by atoms with Crippen molar-refractivity contribution in [2.45, 2.75) is 37.6 Å². The van der Waals surface area contributed by atoms with Crippen LogP contribution in [-0.4, -0.2) is 66.2 Å². The minimum atomic E-state index is -4.53. The first-order valence-electron chi connectivity index (χ1n) is 12.0. The van der Waals surface area contributed by atoms with Crippen molar-refractivity contribution in [2.75, 3.05) is 33.5 Å². The molecule has 0 bridgehead atoms. The molecule has 3 heterocycles. The second kappa shape index (κ2) is 9.90. The number of rotatable bonds is 7. The Balaban J connectivity index is 1.50. The van der Waals surface area contributed by atoms with Crippen LogP contribution < -0.4 is 5.73 Å². The van der Waals surface area contributed by atoms with Crippen molar-refractivity contribution in [1.29, 1.82) is 0 Å². The number of morpholine rings is 1. The Bertz CT molecular complexity index is 1200. The lowest BCUT2D eigenvalue weighted by Crippen LogP contribution is -2.48. The number of nitrogens with zero attached hydrogens (tertiary/aromatic N) is 4. The van der Waals surface area contributed by atoms with Crippen LogP contribution in [-0.2, 0) is 22.2 Å². The molecule has 12 heteroatoms. The number of pyridine rings is 1. The van der Waals surface area contributed by atoms with Crippen LogP contribution in [0.3, 0.4) is 0 Å². The minimum absolute atomic E-state index is 0.0954. The number of methoxy groups -OCH3 is 1. The lowest BCUT2D eigenvalue weighted by atomic mass is 9.97. The van der Waals surface area contributed by atoms with Gasteiger partial charge >= 0.3 is 6.18 Å². The monoisotopic (exact) mass is 521 g/mol. The van der Waals surface area contributed by atoms with E-state index in [0.29, 0.717) is 31.0 Å². The first-order chi connectivity index (χ1) is 17.7. The third-order valence-corrected chi connectivity index (χ3v) is 7.01. The normalized spacial score (nSPS) is 20.1. The largest absolute Gasteiger partial charge is 0.417 e. The van der Waals surface area contributed by atoms with Crippen LogP contribution in [0.1, 0.15) is 46.1 Å². The van der Waals surface area contributed by atoms with E-state index in [9.17, 15) is 18.0 Å². The molecule has 2 aliphatic heterocycles. The van der Waals surface area contributed by atoms with Crippen molar-refractivity contribution in [3.63, 3.8) is 0 Å². The zero-order chi connectivity index (χ0) is 26.3. The zero-order valence-electron chi connectivity index (χ0n) is 20.2. The highest BCUT2D eigenvalue weighted by Crippen LogP contribution is 2.40. The second-order valence-electron chi connectivity index (χ2n) is 9.47. The van der Waals surface area contributed by atoms with Crippen molar-refractivity contribution < 1.29 is 31.8 Å². The summed E-state index contributed by atoms with van der Waals surface area (Å²) in [7, 11) is 1.51. The maximum absolute atomic E-state index is 15.4. The topological polar surface area (TPSA) is 93.3 Å². The number of nitrogens with two attached hydrogens (primary N) is 1. The Hall–Kier alpha value is -3.25. The number of hydrogen-bond donors (Lipinski definition) is 1. The number of carbonyl (C=O) groups excluding carboxylic acids is 1. The molecule has 2 atom stereocenters. The summed E-state index contributed by atoms with van der Waals surface area (Å²) in [6.07, 6.45) is -2.05. The number of aliphatic imine (C=N–C) groups is 1. The number of halogens is 4. The van der Waals surface area contributed by atoms with Gasteiger partial charge in [-0.2, -0.15) is 13.2 Å².